The monoisotopic (exact) mass is 445 g/mol. The maximum atomic E-state index is 4.34. The van der Waals surface area contributed by atoms with Crippen molar-refractivity contribution in [2.45, 2.75) is 25.8 Å². The van der Waals surface area contributed by atoms with Crippen LogP contribution in [0.3, 0.4) is 0 Å². The van der Waals surface area contributed by atoms with E-state index < -0.39 is 0 Å². The average Bonchev–Trinajstić information content (AvgIpc) is 2.99. The SMILES string of the molecule is CN=C(NCCCN(C)C)NC1CCN(c2ccc(C)cc2)C1.I. The first kappa shape index (κ1) is 21.0. The van der Waals surface area contributed by atoms with Gasteiger partial charge in [0.25, 0.3) is 0 Å². The highest BCUT2D eigenvalue weighted by Crippen LogP contribution is 2.20. The number of aliphatic imine (C=N–C) groups is 1. The molecule has 0 amide bonds. The molecule has 0 aromatic heterocycles. The summed E-state index contributed by atoms with van der Waals surface area (Å²) in [7, 11) is 6.05. The van der Waals surface area contributed by atoms with Gasteiger partial charge in [-0.1, -0.05) is 17.7 Å². The van der Waals surface area contributed by atoms with Crippen LogP contribution in [0.5, 0.6) is 0 Å². The molecule has 1 aliphatic rings. The first-order chi connectivity index (χ1) is 11.1. The Balaban J connectivity index is 0.00000288. The lowest BCUT2D eigenvalue weighted by atomic mass is 10.2. The Morgan fingerprint density at radius 3 is 2.62 bits per heavy atom. The van der Waals surface area contributed by atoms with Gasteiger partial charge in [0.1, 0.15) is 0 Å². The number of anilines is 1. The Morgan fingerprint density at radius 2 is 2.00 bits per heavy atom. The van der Waals surface area contributed by atoms with Crippen molar-refractivity contribution >= 4 is 35.6 Å². The van der Waals surface area contributed by atoms with Gasteiger partial charge in [0.15, 0.2) is 5.96 Å². The molecule has 1 aromatic carbocycles. The van der Waals surface area contributed by atoms with Crippen molar-refractivity contribution in [3.05, 3.63) is 29.8 Å². The van der Waals surface area contributed by atoms with Crippen molar-refractivity contribution in [2.75, 3.05) is 52.2 Å². The molecule has 0 radical (unpaired) electrons. The fraction of sp³-hybridized carbons (Fsp3) is 0.611. The second-order valence-electron chi connectivity index (χ2n) is 6.57. The van der Waals surface area contributed by atoms with Crippen molar-refractivity contribution in [3.63, 3.8) is 0 Å². The molecule has 2 N–H and O–H groups in total. The van der Waals surface area contributed by atoms with E-state index in [1.54, 1.807) is 0 Å². The predicted octanol–water partition coefficient (Wildman–Crippen LogP) is 2.31. The van der Waals surface area contributed by atoms with Gasteiger partial charge in [-0.2, -0.15) is 0 Å². The molecule has 1 unspecified atom stereocenters. The summed E-state index contributed by atoms with van der Waals surface area (Å²) in [6.07, 6.45) is 2.26. The highest BCUT2D eigenvalue weighted by Gasteiger charge is 2.23. The zero-order valence-corrected chi connectivity index (χ0v) is 17.7. The minimum Gasteiger partial charge on any atom is -0.369 e. The third-order valence-electron chi connectivity index (χ3n) is 4.23. The third-order valence-corrected chi connectivity index (χ3v) is 4.23. The maximum absolute atomic E-state index is 4.34. The number of rotatable bonds is 6. The van der Waals surface area contributed by atoms with Crippen molar-refractivity contribution in [1.29, 1.82) is 0 Å². The normalized spacial score (nSPS) is 17.8. The van der Waals surface area contributed by atoms with E-state index in [1.165, 1.54) is 11.3 Å². The van der Waals surface area contributed by atoms with Gasteiger partial charge in [-0.05, 0) is 52.5 Å². The van der Waals surface area contributed by atoms with Gasteiger partial charge < -0.3 is 20.4 Å². The van der Waals surface area contributed by atoms with Crippen molar-refractivity contribution in [1.82, 2.24) is 15.5 Å². The molecule has 6 heteroatoms. The second-order valence-corrected chi connectivity index (χ2v) is 6.57. The van der Waals surface area contributed by atoms with Crippen LogP contribution in [-0.4, -0.2) is 64.2 Å². The highest BCUT2D eigenvalue weighted by atomic mass is 127. The molecule has 24 heavy (non-hydrogen) atoms. The molecular weight excluding hydrogens is 413 g/mol. The Labute approximate surface area is 163 Å². The number of halogens is 1. The van der Waals surface area contributed by atoms with E-state index in [0.29, 0.717) is 6.04 Å². The number of hydrogen-bond acceptors (Lipinski definition) is 3. The van der Waals surface area contributed by atoms with Crippen LogP contribution < -0.4 is 15.5 Å². The number of hydrogen-bond donors (Lipinski definition) is 2. The zero-order chi connectivity index (χ0) is 16.7. The van der Waals surface area contributed by atoms with Gasteiger partial charge in [0.2, 0.25) is 0 Å². The molecular formula is C18H32IN5. The molecule has 0 saturated carbocycles. The van der Waals surface area contributed by atoms with E-state index in [-0.39, 0.29) is 24.0 Å². The van der Waals surface area contributed by atoms with Gasteiger partial charge in [-0.15, -0.1) is 24.0 Å². The maximum Gasteiger partial charge on any atom is 0.191 e. The van der Waals surface area contributed by atoms with Crippen LogP contribution in [-0.2, 0) is 0 Å². The molecule has 0 spiro atoms. The molecule has 1 atom stereocenters. The molecule has 1 aliphatic heterocycles. The Kier molecular flexibility index (Phi) is 9.43. The van der Waals surface area contributed by atoms with Gasteiger partial charge in [-0.3, -0.25) is 4.99 Å². The third kappa shape index (κ3) is 6.84. The lowest BCUT2D eigenvalue weighted by Gasteiger charge is -2.20. The quantitative estimate of drug-likeness (QED) is 0.305. The second kappa shape index (κ2) is 10.8. The van der Waals surface area contributed by atoms with Crippen LogP contribution >= 0.6 is 24.0 Å². The average molecular weight is 445 g/mol. The first-order valence-electron chi connectivity index (χ1n) is 8.52. The Morgan fingerprint density at radius 1 is 1.29 bits per heavy atom. The minimum absolute atomic E-state index is 0. The molecule has 5 nitrogen and oxygen atoms in total. The Bertz CT molecular complexity index is 501. The fourth-order valence-electron chi connectivity index (χ4n) is 2.86. The van der Waals surface area contributed by atoms with Crippen LogP contribution in [0.15, 0.2) is 29.3 Å². The van der Waals surface area contributed by atoms with Gasteiger partial charge in [0, 0.05) is 38.4 Å². The van der Waals surface area contributed by atoms with E-state index in [1.807, 2.05) is 7.05 Å². The standard InChI is InChI=1S/C18H31N5.HI/c1-15-6-8-17(9-7-15)23-13-10-16(14-23)21-18(19-2)20-11-5-12-22(3)4;/h6-9,16H,5,10-14H2,1-4H3,(H2,19,20,21);1H. The number of aryl methyl sites for hydroxylation is 1. The lowest BCUT2D eigenvalue weighted by molar-refractivity contribution is 0.399. The summed E-state index contributed by atoms with van der Waals surface area (Å²) in [5.41, 5.74) is 2.62. The molecule has 2 rings (SSSR count). The van der Waals surface area contributed by atoms with Crippen LogP contribution in [0, 0.1) is 6.92 Å². The first-order valence-corrected chi connectivity index (χ1v) is 8.52. The summed E-state index contributed by atoms with van der Waals surface area (Å²) in [6.45, 7) is 6.30. The largest absolute Gasteiger partial charge is 0.369 e. The summed E-state index contributed by atoms with van der Waals surface area (Å²) in [5, 5.41) is 6.96. The molecule has 1 aromatic rings. The topological polar surface area (TPSA) is 42.9 Å². The van der Waals surface area contributed by atoms with Crippen LogP contribution in [0.4, 0.5) is 5.69 Å². The summed E-state index contributed by atoms with van der Waals surface area (Å²) >= 11 is 0. The van der Waals surface area contributed by atoms with E-state index in [0.717, 1.165) is 45.0 Å². The number of benzene rings is 1. The van der Waals surface area contributed by atoms with E-state index in [4.69, 9.17) is 0 Å². The molecule has 136 valence electrons. The van der Waals surface area contributed by atoms with Crippen molar-refractivity contribution < 1.29 is 0 Å². The molecule has 1 fully saturated rings. The number of guanidine groups is 1. The molecule has 1 heterocycles. The van der Waals surface area contributed by atoms with Crippen molar-refractivity contribution in [3.8, 4) is 0 Å². The zero-order valence-electron chi connectivity index (χ0n) is 15.4. The summed E-state index contributed by atoms with van der Waals surface area (Å²) in [4.78, 5) is 8.98. The van der Waals surface area contributed by atoms with E-state index in [9.17, 15) is 0 Å². The van der Waals surface area contributed by atoms with Gasteiger partial charge in [0.05, 0.1) is 0 Å². The summed E-state index contributed by atoms with van der Waals surface area (Å²) in [5.74, 6) is 0.916. The van der Waals surface area contributed by atoms with Crippen LogP contribution in [0.1, 0.15) is 18.4 Å². The summed E-state index contributed by atoms with van der Waals surface area (Å²) < 4.78 is 0. The smallest absolute Gasteiger partial charge is 0.191 e. The van der Waals surface area contributed by atoms with Crippen LogP contribution in [0.25, 0.3) is 0 Å². The highest BCUT2D eigenvalue weighted by molar-refractivity contribution is 14.0. The fourth-order valence-corrected chi connectivity index (χ4v) is 2.86. The number of nitrogens with one attached hydrogen (secondary N) is 2. The number of nitrogens with zero attached hydrogens (tertiary/aromatic N) is 3. The van der Waals surface area contributed by atoms with Gasteiger partial charge >= 0.3 is 0 Å². The van der Waals surface area contributed by atoms with Crippen LogP contribution in [0.2, 0.25) is 0 Å². The van der Waals surface area contributed by atoms with E-state index >= 15 is 0 Å². The molecule has 0 aliphatic carbocycles. The minimum atomic E-state index is 0. The van der Waals surface area contributed by atoms with E-state index in [2.05, 4.69) is 70.7 Å². The lowest BCUT2D eigenvalue weighted by Crippen LogP contribution is -2.45. The molecule has 1 saturated heterocycles. The van der Waals surface area contributed by atoms with Gasteiger partial charge in [-0.25, -0.2) is 0 Å². The Hall–Kier alpha value is -1.02. The summed E-state index contributed by atoms with van der Waals surface area (Å²) in [6, 6.07) is 9.25. The van der Waals surface area contributed by atoms with Crippen molar-refractivity contribution in [2.24, 2.45) is 4.99 Å². The molecule has 0 bridgehead atoms. The predicted molar refractivity (Wildman–Crippen MR) is 115 cm³/mol.